The molecule has 0 saturated carbocycles. The average molecular weight is 446 g/mol. The first kappa shape index (κ1) is 21.5. The number of hydrogen-bond acceptors (Lipinski definition) is 6. The van der Waals surface area contributed by atoms with E-state index in [1.54, 1.807) is 18.3 Å². The highest BCUT2D eigenvalue weighted by atomic mass is 32.2. The van der Waals surface area contributed by atoms with Gasteiger partial charge in [-0.1, -0.05) is 23.9 Å². The molecule has 8 heteroatoms. The van der Waals surface area contributed by atoms with Crippen LogP contribution in [-0.4, -0.2) is 35.0 Å². The number of anilines is 1. The standard InChI is InChI=1S/C24H23N5O2S/c1-29(2)19-5-3-4-16(12-19)15-31-24-21(14-27-23(28-24)18-10-11-26-13-18)32-20-8-6-17(7-9-20)22(25)30/h3-14,26H,15H2,1-2H3,(H2,25,30). The van der Waals surface area contributed by atoms with E-state index in [-0.39, 0.29) is 0 Å². The van der Waals surface area contributed by atoms with Crippen LogP contribution < -0.4 is 15.4 Å². The van der Waals surface area contributed by atoms with Crippen LogP contribution in [0.15, 0.2) is 83.0 Å². The summed E-state index contributed by atoms with van der Waals surface area (Å²) in [4.78, 5) is 27.3. The zero-order valence-corrected chi connectivity index (χ0v) is 18.6. The number of primary amides is 1. The first-order valence-corrected chi connectivity index (χ1v) is 10.8. The zero-order chi connectivity index (χ0) is 22.5. The Balaban J connectivity index is 1.60. The molecule has 0 aliphatic rings. The highest BCUT2D eigenvalue weighted by molar-refractivity contribution is 7.99. The molecule has 0 spiro atoms. The number of H-pyrrole nitrogens is 1. The number of benzene rings is 2. The Morgan fingerprint density at radius 2 is 1.97 bits per heavy atom. The molecule has 1 amide bonds. The van der Waals surface area contributed by atoms with E-state index in [0.29, 0.717) is 23.9 Å². The van der Waals surface area contributed by atoms with Gasteiger partial charge in [-0.15, -0.1) is 0 Å². The molecule has 0 atom stereocenters. The van der Waals surface area contributed by atoms with Crippen molar-refractivity contribution < 1.29 is 9.53 Å². The molecule has 2 aromatic carbocycles. The minimum atomic E-state index is -0.454. The van der Waals surface area contributed by atoms with Crippen molar-refractivity contribution in [3.63, 3.8) is 0 Å². The van der Waals surface area contributed by atoms with Crippen molar-refractivity contribution in [2.45, 2.75) is 16.4 Å². The fourth-order valence-corrected chi connectivity index (χ4v) is 3.84. The molecular formula is C24H23N5O2S. The van der Waals surface area contributed by atoms with Crippen LogP contribution in [-0.2, 0) is 6.61 Å². The maximum Gasteiger partial charge on any atom is 0.248 e. The first-order chi connectivity index (χ1) is 15.5. The third-order valence-corrected chi connectivity index (χ3v) is 5.76. The summed E-state index contributed by atoms with van der Waals surface area (Å²) in [6.45, 7) is 0.374. The van der Waals surface area contributed by atoms with E-state index in [1.807, 2.05) is 56.8 Å². The van der Waals surface area contributed by atoms with Gasteiger partial charge in [-0.3, -0.25) is 4.79 Å². The number of aromatic amines is 1. The molecule has 4 rings (SSSR count). The lowest BCUT2D eigenvalue weighted by Crippen LogP contribution is -2.10. The monoisotopic (exact) mass is 445 g/mol. The summed E-state index contributed by atoms with van der Waals surface area (Å²) in [5.41, 5.74) is 8.83. The minimum Gasteiger partial charge on any atom is -0.472 e. The van der Waals surface area contributed by atoms with Crippen LogP contribution in [0, 0.1) is 0 Å². The van der Waals surface area contributed by atoms with Crippen molar-refractivity contribution in [3.05, 3.63) is 84.3 Å². The Bertz CT molecular complexity index is 1210. The van der Waals surface area contributed by atoms with Crippen molar-refractivity contribution in [1.82, 2.24) is 15.0 Å². The molecule has 162 valence electrons. The van der Waals surface area contributed by atoms with Gasteiger partial charge in [0.25, 0.3) is 0 Å². The Labute approximate surface area is 190 Å². The molecule has 0 aliphatic carbocycles. The molecular weight excluding hydrogens is 422 g/mol. The number of hydrogen-bond donors (Lipinski definition) is 2. The van der Waals surface area contributed by atoms with E-state index >= 15 is 0 Å². The van der Waals surface area contributed by atoms with Crippen molar-refractivity contribution in [3.8, 4) is 17.3 Å². The summed E-state index contributed by atoms with van der Waals surface area (Å²) in [5, 5.41) is 0. The third kappa shape index (κ3) is 5.09. The average Bonchev–Trinajstić information content (AvgIpc) is 3.34. The Morgan fingerprint density at radius 3 is 2.66 bits per heavy atom. The third-order valence-electron chi connectivity index (χ3n) is 4.75. The number of nitrogens with zero attached hydrogens (tertiary/aromatic N) is 3. The van der Waals surface area contributed by atoms with Crippen LogP contribution in [0.2, 0.25) is 0 Å². The van der Waals surface area contributed by atoms with Crippen molar-refractivity contribution in [2.24, 2.45) is 5.73 Å². The van der Waals surface area contributed by atoms with Crippen molar-refractivity contribution >= 4 is 23.4 Å². The zero-order valence-electron chi connectivity index (χ0n) is 17.8. The van der Waals surface area contributed by atoms with Crippen molar-refractivity contribution in [1.29, 1.82) is 0 Å². The lowest BCUT2D eigenvalue weighted by atomic mass is 10.2. The number of ether oxygens (including phenoxy) is 1. The summed E-state index contributed by atoms with van der Waals surface area (Å²) in [6.07, 6.45) is 5.43. The minimum absolute atomic E-state index is 0.374. The van der Waals surface area contributed by atoms with E-state index in [1.165, 1.54) is 11.8 Å². The summed E-state index contributed by atoms with van der Waals surface area (Å²) in [5.74, 6) is 0.622. The van der Waals surface area contributed by atoms with Gasteiger partial charge in [0, 0.05) is 54.4 Å². The highest BCUT2D eigenvalue weighted by Crippen LogP contribution is 2.35. The number of aromatic nitrogens is 3. The number of nitrogens with one attached hydrogen (secondary N) is 1. The first-order valence-electron chi connectivity index (χ1n) is 9.96. The molecule has 0 bridgehead atoms. The molecule has 0 fully saturated rings. The number of nitrogens with two attached hydrogens (primary N) is 1. The second kappa shape index (κ2) is 9.57. The topological polar surface area (TPSA) is 97.1 Å². The molecule has 0 saturated heterocycles. The second-order valence-corrected chi connectivity index (χ2v) is 8.42. The van der Waals surface area contributed by atoms with Crippen LogP contribution in [0.3, 0.4) is 0 Å². The van der Waals surface area contributed by atoms with Gasteiger partial charge in [0.05, 0.1) is 4.90 Å². The largest absolute Gasteiger partial charge is 0.472 e. The lowest BCUT2D eigenvalue weighted by Gasteiger charge is -2.15. The van der Waals surface area contributed by atoms with Crippen LogP contribution in [0.1, 0.15) is 15.9 Å². The lowest BCUT2D eigenvalue weighted by molar-refractivity contribution is 0.1000. The maximum atomic E-state index is 11.3. The molecule has 4 aromatic rings. The van der Waals surface area contributed by atoms with Crippen LogP contribution in [0.25, 0.3) is 11.4 Å². The molecule has 7 nitrogen and oxygen atoms in total. The molecule has 0 aliphatic heterocycles. The Morgan fingerprint density at radius 1 is 1.16 bits per heavy atom. The number of carbonyl (C=O) groups is 1. The molecule has 3 N–H and O–H groups in total. The van der Waals surface area contributed by atoms with Crippen LogP contribution >= 0.6 is 11.8 Å². The Hall–Kier alpha value is -3.78. The predicted molar refractivity (Wildman–Crippen MR) is 126 cm³/mol. The highest BCUT2D eigenvalue weighted by Gasteiger charge is 2.13. The van der Waals surface area contributed by atoms with E-state index in [0.717, 1.165) is 26.6 Å². The van der Waals surface area contributed by atoms with E-state index in [2.05, 4.69) is 32.0 Å². The second-order valence-electron chi connectivity index (χ2n) is 7.31. The van der Waals surface area contributed by atoms with Gasteiger partial charge in [0.2, 0.25) is 11.8 Å². The summed E-state index contributed by atoms with van der Waals surface area (Å²) < 4.78 is 6.16. The SMILES string of the molecule is CN(C)c1cccc(COc2nc(-c3cc[nH]c3)ncc2Sc2ccc(C(N)=O)cc2)c1. The molecule has 0 radical (unpaired) electrons. The van der Waals surface area contributed by atoms with Gasteiger partial charge in [0.15, 0.2) is 5.82 Å². The summed E-state index contributed by atoms with van der Waals surface area (Å²) >= 11 is 1.47. The van der Waals surface area contributed by atoms with E-state index < -0.39 is 5.91 Å². The fourth-order valence-electron chi connectivity index (χ4n) is 3.02. The normalized spacial score (nSPS) is 10.7. The van der Waals surface area contributed by atoms with Gasteiger partial charge in [-0.2, -0.15) is 4.98 Å². The van der Waals surface area contributed by atoms with E-state index in [9.17, 15) is 4.79 Å². The number of amides is 1. The Kier molecular flexibility index (Phi) is 6.42. The van der Waals surface area contributed by atoms with Crippen LogP contribution in [0.4, 0.5) is 5.69 Å². The van der Waals surface area contributed by atoms with Gasteiger partial charge in [0.1, 0.15) is 6.61 Å². The molecule has 32 heavy (non-hydrogen) atoms. The fraction of sp³-hybridized carbons (Fsp3) is 0.125. The smallest absolute Gasteiger partial charge is 0.248 e. The molecule has 0 unspecified atom stereocenters. The van der Waals surface area contributed by atoms with Crippen LogP contribution in [0.5, 0.6) is 5.88 Å². The molecule has 2 aromatic heterocycles. The van der Waals surface area contributed by atoms with Gasteiger partial charge in [-0.05, 0) is 48.0 Å². The van der Waals surface area contributed by atoms with Gasteiger partial charge in [-0.25, -0.2) is 4.98 Å². The van der Waals surface area contributed by atoms with Gasteiger partial charge < -0.3 is 20.4 Å². The predicted octanol–water partition coefficient (Wildman–Crippen LogP) is 4.37. The molecule has 2 heterocycles. The number of rotatable bonds is 8. The van der Waals surface area contributed by atoms with Gasteiger partial charge >= 0.3 is 0 Å². The van der Waals surface area contributed by atoms with E-state index in [4.69, 9.17) is 10.5 Å². The summed E-state index contributed by atoms with van der Waals surface area (Å²) in [7, 11) is 4.01. The van der Waals surface area contributed by atoms with Crippen molar-refractivity contribution in [2.75, 3.05) is 19.0 Å². The summed E-state index contributed by atoms with van der Waals surface area (Å²) in [6, 6.07) is 17.2. The maximum absolute atomic E-state index is 11.3. The number of carbonyl (C=O) groups excluding carboxylic acids is 1. The quantitative estimate of drug-likeness (QED) is 0.418.